The molecule has 0 N–H and O–H groups in total. The van der Waals surface area contributed by atoms with Gasteiger partial charge in [0, 0.05) is 27.5 Å². The van der Waals surface area contributed by atoms with Crippen LogP contribution in [0.2, 0.25) is 25.7 Å². The molecule has 0 spiro atoms. The van der Waals surface area contributed by atoms with Crippen molar-refractivity contribution in [2.24, 2.45) is 11.0 Å². The van der Waals surface area contributed by atoms with Crippen LogP contribution in [-0.4, -0.2) is 77.8 Å². The Morgan fingerprint density at radius 3 is 2.49 bits per heavy atom. The Labute approximate surface area is 305 Å². The molecule has 2 aromatic rings. The first-order valence-corrected chi connectivity index (χ1v) is 21.5. The van der Waals surface area contributed by atoms with E-state index in [2.05, 4.69) is 29.7 Å². The van der Waals surface area contributed by atoms with E-state index in [1.807, 2.05) is 33.8 Å². The maximum Gasteiger partial charge on any atom is 0.342 e. The minimum absolute atomic E-state index is 0.0892. The van der Waals surface area contributed by atoms with E-state index in [9.17, 15) is 9.59 Å². The van der Waals surface area contributed by atoms with Crippen molar-refractivity contribution in [3.8, 4) is 11.5 Å². The van der Waals surface area contributed by atoms with Gasteiger partial charge in [0.05, 0.1) is 31.4 Å². The minimum Gasteiger partial charge on any atom is -0.493 e. The Hall–Kier alpha value is -3.61. The zero-order valence-corrected chi connectivity index (χ0v) is 32.5. The zero-order chi connectivity index (χ0) is 38.3. The van der Waals surface area contributed by atoms with Gasteiger partial charge in [0.1, 0.15) is 29.3 Å². The van der Waals surface area contributed by atoms with Gasteiger partial charge < -0.3 is 33.2 Å². The van der Waals surface area contributed by atoms with Crippen LogP contribution in [0.5, 0.6) is 11.5 Å². The number of carbonyl (C=O) groups excluding carboxylic acids is 2. The molecule has 2 aromatic carbocycles. The summed E-state index contributed by atoms with van der Waals surface area (Å²) >= 11 is 0. The highest BCUT2D eigenvalue weighted by molar-refractivity contribution is 6.76. The predicted octanol–water partition coefficient (Wildman–Crippen LogP) is 8.75. The van der Waals surface area contributed by atoms with Gasteiger partial charge in [-0.3, -0.25) is 0 Å². The molecule has 0 aromatic heterocycles. The van der Waals surface area contributed by atoms with Crippen LogP contribution in [0.4, 0.5) is 0 Å². The average Bonchev–Trinajstić information content (AvgIpc) is 3.40. The number of azide groups is 1. The van der Waals surface area contributed by atoms with Crippen molar-refractivity contribution >= 4 is 20.0 Å². The molecule has 0 radical (unpaired) electrons. The molecule has 5 atom stereocenters. The second kappa shape index (κ2) is 20.4. The van der Waals surface area contributed by atoms with E-state index in [1.165, 1.54) is 7.11 Å². The van der Waals surface area contributed by atoms with Crippen LogP contribution in [0.1, 0.15) is 87.4 Å². The number of methoxy groups -OCH3 is 1. The highest BCUT2D eigenvalue weighted by Gasteiger charge is 2.46. The lowest BCUT2D eigenvalue weighted by molar-refractivity contribution is -0.156. The number of ether oxygens (including phenoxy) is 7. The third kappa shape index (κ3) is 14.1. The number of hydrogen-bond donors (Lipinski definition) is 0. The van der Waals surface area contributed by atoms with Crippen LogP contribution in [-0.2, 0) is 30.1 Å². The van der Waals surface area contributed by atoms with Gasteiger partial charge in [-0.2, -0.15) is 0 Å². The van der Waals surface area contributed by atoms with Crippen molar-refractivity contribution in [2.75, 3.05) is 33.7 Å². The molecule has 0 aliphatic carbocycles. The number of nitrogens with zero attached hydrogens (tertiary/aromatic N) is 3. The van der Waals surface area contributed by atoms with Crippen LogP contribution in [0.25, 0.3) is 10.4 Å². The van der Waals surface area contributed by atoms with Gasteiger partial charge in [-0.25, -0.2) is 9.59 Å². The summed E-state index contributed by atoms with van der Waals surface area (Å²) in [5.41, 5.74) is 10.1. The van der Waals surface area contributed by atoms with Gasteiger partial charge in [0.25, 0.3) is 0 Å². The summed E-state index contributed by atoms with van der Waals surface area (Å²) in [6.45, 7) is 14.7. The second-order valence-electron chi connectivity index (χ2n) is 14.5. The molecule has 1 aliphatic rings. The van der Waals surface area contributed by atoms with Crippen LogP contribution >= 0.6 is 0 Å². The summed E-state index contributed by atoms with van der Waals surface area (Å²) < 4.78 is 49.9. The highest BCUT2D eigenvalue weighted by Crippen LogP contribution is 2.37. The highest BCUT2D eigenvalue weighted by atomic mass is 28.3. The van der Waals surface area contributed by atoms with Crippen molar-refractivity contribution in [3.05, 3.63) is 69.6 Å². The Bertz CT molecular complexity index is 1480. The van der Waals surface area contributed by atoms with E-state index in [0.717, 1.165) is 6.04 Å². The van der Waals surface area contributed by atoms with E-state index in [4.69, 9.17) is 40.1 Å². The van der Waals surface area contributed by atoms with Crippen LogP contribution in [0.3, 0.4) is 0 Å². The Balaban J connectivity index is 1.89. The van der Waals surface area contributed by atoms with Crippen molar-refractivity contribution in [3.63, 3.8) is 0 Å². The summed E-state index contributed by atoms with van der Waals surface area (Å²) in [6.07, 6.45) is 0.844. The Morgan fingerprint density at radius 1 is 1.08 bits per heavy atom. The smallest absolute Gasteiger partial charge is 0.342 e. The molecular weight excluding hydrogens is 671 g/mol. The molecule has 3 rings (SSSR count). The summed E-state index contributed by atoms with van der Waals surface area (Å²) in [6, 6.07) is 13.1. The first kappa shape index (κ1) is 40.2. The van der Waals surface area contributed by atoms with Gasteiger partial charge >= 0.3 is 11.9 Å². The monoisotopic (exact) mass is 729 g/mol. The van der Waals surface area contributed by atoms with E-state index in [1.54, 1.807) is 36.4 Å². The van der Waals surface area contributed by atoms with E-state index in [0.29, 0.717) is 61.2 Å². The van der Waals surface area contributed by atoms with Crippen molar-refractivity contribution in [1.29, 1.82) is 0 Å². The molecule has 51 heavy (non-hydrogen) atoms. The fourth-order valence-electron chi connectivity index (χ4n) is 5.72. The molecular formula is C38H57N3O9Si. The molecule has 1 fully saturated rings. The maximum absolute atomic E-state index is 13.7. The first-order valence-electron chi connectivity index (χ1n) is 18.3. The number of carbonyl (C=O) groups is 2. The number of rotatable bonds is 22. The largest absolute Gasteiger partial charge is 0.493 e. The first-order chi connectivity index (χ1) is 24.6. The summed E-state index contributed by atoms with van der Waals surface area (Å²) in [5, 5.41) is 3.54. The fraction of sp³-hybridized carbons (Fsp3) is 0.632. The normalized spacial score (nSPS) is 18.9. The lowest BCUT2D eigenvalue weighted by atomic mass is 9.93. The molecule has 0 amide bonds. The number of esters is 2. The van der Waals surface area contributed by atoms with Crippen molar-refractivity contribution < 1.29 is 44.1 Å². The standard InChI is InChI=1S/C38H57N3O9Si/c1-9-27(2)18-19-31(48-36(42)28-14-11-10-12-15-28)35-32(49-38(3,4)50-35)17-13-16-29-24-30(45-21-20-40-41-39)25-33(47-26-44-5)34(29)37(43)46-22-23-51(6,7)8/h10-12,14-15,24-25,27,31-32,35H,9,13,16-23,26H2,1-8H3/t27-,31+,32?,35-/m1/s1/i9T/t9-,27+,31-,32?,35+/m0. The third-order valence-electron chi connectivity index (χ3n) is 8.57. The molecule has 1 saturated heterocycles. The lowest BCUT2D eigenvalue weighted by Crippen LogP contribution is -2.39. The summed E-state index contributed by atoms with van der Waals surface area (Å²) in [5.74, 6) is -1.06. The summed E-state index contributed by atoms with van der Waals surface area (Å²) in [4.78, 5) is 29.7. The molecule has 13 heteroatoms. The quantitative estimate of drug-likeness (QED) is 0.0221. The van der Waals surface area contributed by atoms with E-state index < -0.39 is 44.1 Å². The molecule has 1 heterocycles. The van der Waals surface area contributed by atoms with E-state index in [-0.39, 0.29) is 38.0 Å². The van der Waals surface area contributed by atoms with Crippen molar-refractivity contribution in [2.45, 2.75) is 116 Å². The molecule has 1 unspecified atom stereocenters. The molecule has 0 bridgehead atoms. The van der Waals surface area contributed by atoms with Gasteiger partial charge in [0.2, 0.25) is 0 Å². The molecule has 0 saturated carbocycles. The number of aryl methyl sites for hydroxylation is 1. The topological polar surface area (TPSA) is 148 Å². The minimum atomic E-state index is -1.47. The third-order valence-corrected chi connectivity index (χ3v) is 10.3. The Kier molecular flexibility index (Phi) is 16.1. The second-order valence-corrected chi connectivity index (χ2v) is 20.1. The lowest BCUT2D eigenvalue weighted by Gasteiger charge is -2.28. The molecule has 1 aliphatic heterocycles. The van der Waals surface area contributed by atoms with Crippen LogP contribution in [0.15, 0.2) is 47.6 Å². The van der Waals surface area contributed by atoms with Gasteiger partial charge in [-0.1, -0.05) is 63.2 Å². The van der Waals surface area contributed by atoms with Gasteiger partial charge in [0.15, 0.2) is 12.6 Å². The maximum atomic E-state index is 13.7. The van der Waals surface area contributed by atoms with Crippen LogP contribution in [0, 0.1) is 5.92 Å². The number of hydrogen-bond acceptors (Lipinski definition) is 10. The van der Waals surface area contributed by atoms with Gasteiger partial charge in [-0.05, 0) is 87.2 Å². The molecule has 12 nitrogen and oxygen atoms in total. The van der Waals surface area contributed by atoms with Crippen molar-refractivity contribution in [1.82, 2.24) is 0 Å². The predicted molar refractivity (Wildman–Crippen MR) is 198 cm³/mol. The van der Waals surface area contributed by atoms with E-state index >= 15 is 0 Å². The average molecular weight is 730 g/mol. The fourth-order valence-corrected chi connectivity index (χ4v) is 6.44. The summed E-state index contributed by atoms with van der Waals surface area (Å²) in [7, 11) is 0.0281. The zero-order valence-electron chi connectivity index (χ0n) is 32.5. The molecule has 282 valence electrons. The Morgan fingerprint density at radius 2 is 1.82 bits per heavy atom. The van der Waals surface area contributed by atoms with Crippen LogP contribution < -0.4 is 9.47 Å². The van der Waals surface area contributed by atoms with Gasteiger partial charge in [-0.15, -0.1) is 0 Å². The number of benzene rings is 2. The SMILES string of the molecule is [3H][C@@H](C)[C@@H](C)CC[C@H](OC(=O)c1ccccc1)[C@H]1OC(C)(C)OC1CCCc1cc(OCCN=[N+]=[N-])cc(OCOC)c1C(=O)OCC[Si](C)(C)C.